The molecule has 1 aromatic heterocycles. The smallest absolute Gasteiger partial charge is 0.341 e. The van der Waals surface area contributed by atoms with Crippen molar-refractivity contribution in [1.82, 2.24) is 10.0 Å². The Balaban J connectivity index is 1.72. The van der Waals surface area contributed by atoms with Gasteiger partial charge in [-0.25, -0.2) is 17.9 Å². The van der Waals surface area contributed by atoms with Crippen LogP contribution in [0.25, 0.3) is 0 Å². The Morgan fingerprint density at radius 1 is 1.38 bits per heavy atom. The molecule has 0 aromatic carbocycles. The molecule has 21 heavy (non-hydrogen) atoms. The summed E-state index contributed by atoms with van der Waals surface area (Å²) in [6.07, 6.45) is 4.83. The molecule has 2 fully saturated rings. The summed E-state index contributed by atoms with van der Waals surface area (Å²) in [5, 5.41) is 3.20. The van der Waals surface area contributed by atoms with Gasteiger partial charge in [0.15, 0.2) is 0 Å². The first kappa shape index (κ1) is 14.6. The minimum atomic E-state index is -3.75. The van der Waals surface area contributed by atoms with Crippen LogP contribution in [0.1, 0.15) is 36.0 Å². The van der Waals surface area contributed by atoms with Crippen molar-refractivity contribution in [2.75, 3.05) is 7.11 Å². The van der Waals surface area contributed by atoms with Gasteiger partial charge in [0.2, 0.25) is 5.09 Å². The second kappa shape index (κ2) is 5.43. The van der Waals surface area contributed by atoms with Crippen molar-refractivity contribution in [3.8, 4) is 0 Å². The molecular formula is C13H18N2O5S. The molecule has 2 bridgehead atoms. The van der Waals surface area contributed by atoms with Crippen molar-refractivity contribution in [2.24, 2.45) is 0 Å². The maximum Gasteiger partial charge on any atom is 0.341 e. The van der Waals surface area contributed by atoms with Gasteiger partial charge in [0.05, 0.1) is 12.7 Å². The predicted octanol–water partition coefficient (Wildman–Crippen LogP) is 0.627. The van der Waals surface area contributed by atoms with Gasteiger partial charge in [-0.2, -0.15) is 0 Å². The highest BCUT2D eigenvalue weighted by Gasteiger charge is 2.36. The van der Waals surface area contributed by atoms with E-state index >= 15 is 0 Å². The molecule has 116 valence electrons. The fourth-order valence-corrected chi connectivity index (χ4v) is 4.32. The lowest BCUT2D eigenvalue weighted by Gasteiger charge is -2.29. The summed E-state index contributed by atoms with van der Waals surface area (Å²) in [6.45, 7) is 0. The Morgan fingerprint density at radius 3 is 2.67 bits per heavy atom. The quantitative estimate of drug-likeness (QED) is 0.791. The van der Waals surface area contributed by atoms with Crippen LogP contribution < -0.4 is 10.0 Å². The van der Waals surface area contributed by atoms with Gasteiger partial charge in [-0.05, 0) is 25.7 Å². The summed E-state index contributed by atoms with van der Waals surface area (Å²) in [7, 11) is -2.52. The van der Waals surface area contributed by atoms with Crippen molar-refractivity contribution in [1.29, 1.82) is 0 Å². The molecule has 0 saturated carbocycles. The summed E-state index contributed by atoms with van der Waals surface area (Å²) in [5.74, 6) is -0.625. The van der Waals surface area contributed by atoms with Gasteiger partial charge in [-0.15, -0.1) is 0 Å². The fraction of sp³-hybridized carbons (Fsp3) is 0.615. The molecule has 2 unspecified atom stereocenters. The average molecular weight is 314 g/mol. The Morgan fingerprint density at radius 2 is 2.05 bits per heavy atom. The molecule has 0 spiro atoms. The van der Waals surface area contributed by atoms with Gasteiger partial charge in [0.1, 0.15) is 6.26 Å². The van der Waals surface area contributed by atoms with Crippen LogP contribution in [0.4, 0.5) is 0 Å². The molecule has 3 rings (SSSR count). The fourth-order valence-electron chi connectivity index (χ4n) is 3.11. The number of rotatable bonds is 4. The van der Waals surface area contributed by atoms with Crippen LogP contribution in [0.2, 0.25) is 0 Å². The molecule has 2 aliphatic heterocycles. The highest BCUT2D eigenvalue weighted by molar-refractivity contribution is 7.89. The maximum atomic E-state index is 12.3. The second-order valence-corrected chi connectivity index (χ2v) is 7.22. The Hall–Kier alpha value is -1.38. The van der Waals surface area contributed by atoms with Crippen molar-refractivity contribution in [2.45, 2.75) is 48.9 Å². The van der Waals surface area contributed by atoms with E-state index in [1.807, 2.05) is 0 Å². The van der Waals surface area contributed by atoms with Crippen LogP contribution >= 0.6 is 0 Å². The zero-order valence-electron chi connectivity index (χ0n) is 11.7. The van der Waals surface area contributed by atoms with Crippen molar-refractivity contribution in [3.63, 3.8) is 0 Å². The second-order valence-electron chi connectivity index (χ2n) is 5.57. The molecule has 0 amide bonds. The lowest BCUT2D eigenvalue weighted by atomic mass is 10.0. The van der Waals surface area contributed by atoms with Gasteiger partial charge in [0, 0.05) is 24.2 Å². The molecule has 8 heteroatoms. The van der Waals surface area contributed by atoms with Crippen LogP contribution in [0.15, 0.2) is 21.8 Å². The molecule has 7 nitrogen and oxygen atoms in total. The number of piperidine rings is 1. The molecule has 2 saturated heterocycles. The van der Waals surface area contributed by atoms with E-state index in [2.05, 4.69) is 14.8 Å². The molecule has 2 aliphatic rings. The zero-order chi connectivity index (χ0) is 15.0. The minimum Gasteiger partial charge on any atom is -0.465 e. The number of hydrogen-bond acceptors (Lipinski definition) is 6. The van der Waals surface area contributed by atoms with E-state index in [0.717, 1.165) is 31.9 Å². The van der Waals surface area contributed by atoms with E-state index in [1.54, 1.807) is 0 Å². The summed E-state index contributed by atoms with van der Waals surface area (Å²) in [5.41, 5.74) is 0.0863. The van der Waals surface area contributed by atoms with Crippen LogP contribution in [-0.2, 0) is 14.8 Å². The number of carbonyl (C=O) groups excluding carboxylic acids is 1. The first-order valence-corrected chi connectivity index (χ1v) is 8.41. The van der Waals surface area contributed by atoms with Crippen molar-refractivity contribution in [3.05, 3.63) is 17.9 Å². The number of sulfonamides is 1. The van der Waals surface area contributed by atoms with Gasteiger partial charge in [-0.3, -0.25) is 0 Å². The molecule has 2 atom stereocenters. The van der Waals surface area contributed by atoms with Crippen molar-refractivity contribution < 1.29 is 22.4 Å². The van der Waals surface area contributed by atoms with Crippen LogP contribution in [0.3, 0.4) is 0 Å². The van der Waals surface area contributed by atoms with Gasteiger partial charge in [0.25, 0.3) is 10.0 Å². The number of carbonyl (C=O) groups is 1. The lowest BCUT2D eigenvalue weighted by molar-refractivity contribution is 0.0600. The van der Waals surface area contributed by atoms with E-state index in [1.165, 1.54) is 13.2 Å². The molecule has 2 N–H and O–H groups in total. The first-order chi connectivity index (χ1) is 9.98. The maximum absolute atomic E-state index is 12.3. The number of hydrogen-bond donors (Lipinski definition) is 2. The Labute approximate surface area is 123 Å². The molecule has 0 radical (unpaired) electrons. The number of furan rings is 1. The number of nitrogens with one attached hydrogen (secondary N) is 2. The minimum absolute atomic E-state index is 0.0863. The summed E-state index contributed by atoms with van der Waals surface area (Å²) in [6, 6.07) is 1.86. The molecular weight excluding hydrogens is 296 g/mol. The van der Waals surface area contributed by atoms with E-state index in [-0.39, 0.29) is 16.7 Å². The summed E-state index contributed by atoms with van der Waals surface area (Å²) in [4.78, 5) is 11.3. The SMILES string of the molecule is COC(=O)c1coc(S(=O)(=O)NC2CC3CCC(C2)N3)c1. The number of methoxy groups -OCH3 is 1. The third kappa shape index (κ3) is 2.97. The number of esters is 1. The van der Waals surface area contributed by atoms with E-state index in [4.69, 9.17) is 4.42 Å². The average Bonchev–Trinajstić information content (AvgIpc) is 3.05. The largest absolute Gasteiger partial charge is 0.465 e. The molecule has 3 heterocycles. The highest BCUT2D eigenvalue weighted by Crippen LogP contribution is 2.28. The number of fused-ring (bicyclic) bond motifs is 2. The van der Waals surface area contributed by atoms with Gasteiger partial charge in [-0.1, -0.05) is 0 Å². The molecule has 1 aromatic rings. The van der Waals surface area contributed by atoms with E-state index < -0.39 is 16.0 Å². The van der Waals surface area contributed by atoms with Crippen LogP contribution in [0.5, 0.6) is 0 Å². The highest BCUT2D eigenvalue weighted by atomic mass is 32.2. The van der Waals surface area contributed by atoms with Crippen molar-refractivity contribution >= 4 is 16.0 Å². The summed E-state index contributed by atoms with van der Waals surface area (Å²) >= 11 is 0. The lowest BCUT2D eigenvalue weighted by Crippen LogP contribution is -2.47. The third-order valence-corrected chi connectivity index (χ3v) is 5.44. The number of ether oxygens (including phenoxy) is 1. The van der Waals surface area contributed by atoms with E-state index in [9.17, 15) is 13.2 Å². The standard InChI is InChI=1S/C13H18N2O5S/c1-19-13(16)8-4-12(20-7-8)21(17,18)15-11-5-9-2-3-10(6-11)14-9/h4,7,9-11,14-15H,2-3,5-6H2,1H3. The normalized spacial score (nSPS) is 28.5. The van der Waals surface area contributed by atoms with Gasteiger partial charge < -0.3 is 14.5 Å². The Kier molecular flexibility index (Phi) is 3.76. The van der Waals surface area contributed by atoms with E-state index in [0.29, 0.717) is 12.1 Å². The topological polar surface area (TPSA) is 97.6 Å². The third-order valence-electron chi connectivity index (χ3n) is 4.06. The van der Waals surface area contributed by atoms with Crippen LogP contribution in [-0.4, -0.2) is 39.6 Å². The van der Waals surface area contributed by atoms with Crippen LogP contribution in [0, 0.1) is 0 Å². The summed E-state index contributed by atoms with van der Waals surface area (Å²) < 4.78 is 36.8. The molecule has 0 aliphatic carbocycles. The predicted molar refractivity (Wildman–Crippen MR) is 73.3 cm³/mol. The Bertz CT molecular complexity index is 627. The monoisotopic (exact) mass is 314 g/mol. The first-order valence-electron chi connectivity index (χ1n) is 6.93. The van der Waals surface area contributed by atoms with Gasteiger partial charge >= 0.3 is 5.97 Å². The zero-order valence-corrected chi connectivity index (χ0v) is 12.5.